The van der Waals surface area contributed by atoms with Crippen LogP contribution in [0.4, 0.5) is 4.79 Å². The number of hydrogen-bond acceptors (Lipinski definition) is 3. The molecule has 18 heavy (non-hydrogen) atoms. The number of nitrogens with two attached hydrogens (primary N) is 1. The van der Waals surface area contributed by atoms with Crippen LogP contribution in [0.1, 0.15) is 59.3 Å². The van der Waals surface area contributed by atoms with E-state index in [1.807, 2.05) is 25.7 Å². The molecule has 2 fully saturated rings. The van der Waals surface area contributed by atoms with E-state index in [-0.39, 0.29) is 17.7 Å². The van der Waals surface area contributed by atoms with Gasteiger partial charge in [-0.05, 0) is 40.0 Å². The van der Waals surface area contributed by atoms with Crippen LogP contribution in [0.5, 0.6) is 0 Å². The Labute approximate surface area is 110 Å². The van der Waals surface area contributed by atoms with Gasteiger partial charge in [-0.1, -0.05) is 19.3 Å². The lowest BCUT2D eigenvalue weighted by atomic mass is 9.77. The summed E-state index contributed by atoms with van der Waals surface area (Å²) in [5.74, 6) is 0. The van der Waals surface area contributed by atoms with Crippen LogP contribution < -0.4 is 5.73 Å². The molecule has 0 aromatic heterocycles. The van der Waals surface area contributed by atoms with Crippen molar-refractivity contribution < 1.29 is 9.53 Å². The van der Waals surface area contributed by atoms with E-state index in [9.17, 15) is 4.79 Å². The zero-order chi connectivity index (χ0) is 13.4. The molecule has 1 saturated heterocycles. The van der Waals surface area contributed by atoms with E-state index in [1.54, 1.807) is 0 Å². The minimum Gasteiger partial charge on any atom is -0.444 e. The molecule has 4 heteroatoms. The molecule has 0 radical (unpaired) electrons. The van der Waals surface area contributed by atoms with E-state index in [4.69, 9.17) is 10.5 Å². The number of carbonyl (C=O) groups is 1. The number of amides is 1. The first-order valence-electron chi connectivity index (χ1n) is 7.11. The molecule has 2 rings (SSSR count). The summed E-state index contributed by atoms with van der Waals surface area (Å²) in [4.78, 5) is 14.2. The van der Waals surface area contributed by atoms with Crippen molar-refractivity contribution >= 4 is 6.09 Å². The third-order valence-electron chi connectivity index (χ3n) is 4.22. The van der Waals surface area contributed by atoms with Gasteiger partial charge in [0.1, 0.15) is 5.60 Å². The second-order valence-electron chi connectivity index (χ2n) is 6.69. The van der Waals surface area contributed by atoms with Crippen molar-refractivity contribution in [1.29, 1.82) is 0 Å². The Balaban J connectivity index is 2.13. The van der Waals surface area contributed by atoms with Crippen LogP contribution in [-0.2, 0) is 4.74 Å². The summed E-state index contributed by atoms with van der Waals surface area (Å²) < 4.78 is 5.53. The molecule has 2 N–H and O–H groups in total. The van der Waals surface area contributed by atoms with Gasteiger partial charge in [-0.2, -0.15) is 0 Å². The smallest absolute Gasteiger partial charge is 0.410 e. The summed E-state index contributed by atoms with van der Waals surface area (Å²) >= 11 is 0. The highest BCUT2D eigenvalue weighted by Gasteiger charge is 2.50. The Morgan fingerprint density at radius 3 is 2.44 bits per heavy atom. The molecule has 1 heterocycles. The van der Waals surface area contributed by atoms with Crippen molar-refractivity contribution in [2.75, 3.05) is 6.54 Å². The summed E-state index contributed by atoms with van der Waals surface area (Å²) in [7, 11) is 0. The molecule has 0 bridgehead atoms. The van der Waals surface area contributed by atoms with E-state index in [0.29, 0.717) is 0 Å². The maximum absolute atomic E-state index is 12.3. The number of hydrogen-bond donors (Lipinski definition) is 1. The third kappa shape index (κ3) is 2.48. The molecule has 1 aliphatic carbocycles. The third-order valence-corrected chi connectivity index (χ3v) is 4.22. The topological polar surface area (TPSA) is 55.6 Å². The van der Waals surface area contributed by atoms with Crippen LogP contribution in [0.2, 0.25) is 0 Å². The molecule has 1 atom stereocenters. The van der Waals surface area contributed by atoms with Crippen LogP contribution in [0.25, 0.3) is 0 Å². The van der Waals surface area contributed by atoms with Gasteiger partial charge in [-0.3, -0.25) is 0 Å². The first kappa shape index (κ1) is 13.7. The van der Waals surface area contributed by atoms with Gasteiger partial charge in [-0.25, -0.2) is 4.79 Å². The number of rotatable bonds is 0. The van der Waals surface area contributed by atoms with Crippen molar-refractivity contribution in [1.82, 2.24) is 4.90 Å². The van der Waals surface area contributed by atoms with Crippen LogP contribution in [0.3, 0.4) is 0 Å². The predicted octanol–water partition coefficient (Wildman–Crippen LogP) is 2.66. The number of likely N-dealkylation sites (tertiary alicyclic amines) is 1. The molecular weight excluding hydrogens is 228 g/mol. The summed E-state index contributed by atoms with van der Waals surface area (Å²) in [6, 6.07) is 0.116. The normalized spacial score (nSPS) is 27.6. The molecule has 0 aromatic carbocycles. The molecule has 1 saturated carbocycles. The fourth-order valence-corrected chi connectivity index (χ4v) is 3.35. The van der Waals surface area contributed by atoms with E-state index < -0.39 is 5.60 Å². The van der Waals surface area contributed by atoms with Gasteiger partial charge in [-0.15, -0.1) is 0 Å². The van der Waals surface area contributed by atoms with Crippen molar-refractivity contribution in [3.63, 3.8) is 0 Å². The molecule has 1 spiro atoms. The number of nitrogens with zero attached hydrogens (tertiary/aromatic N) is 1. The predicted molar refractivity (Wildman–Crippen MR) is 71.3 cm³/mol. The Morgan fingerprint density at radius 2 is 1.89 bits per heavy atom. The van der Waals surface area contributed by atoms with Crippen LogP contribution in [0, 0.1) is 0 Å². The summed E-state index contributed by atoms with van der Waals surface area (Å²) in [5, 5.41) is 0. The largest absolute Gasteiger partial charge is 0.444 e. The molecular formula is C14H26N2O2. The van der Waals surface area contributed by atoms with E-state index in [1.165, 1.54) is 19.3 Å². The highest BCUT2D eigenvalue weighted by atomic mass is 16.6. The van der Waals surface area contributed by atoms with E-state index in [2.05, 4.69) is 0 Å². The molecule has 4 nitrogen and oxygen atoms in total. The monoisotopic (exact) mass is 254 g/mol. The van der Waals surface area contributed by atoms with Gasteiger partial charge in [0.25, 0.3) is 0 Å². The Hall–Kier alpha value is -0.770. The fraction of sp³-hybridized carbons (Fsp3) is 0.929. The van der Waals surface area contributed by atoms with Crippen molar-refractivity contribution in [3.05, 3.63) is 0 Å². The summed E-state index contributed by atoms with van der Waals surface area (Å²) in [6.45, 7) is 6.48. The van der Waals surface area contributed by atoms with E-state index >= 15 is 0 Å². The maximum atomic E-state index is 12.3. The van der Waals surface area contributed by atoms with Crippen molar-refractivity contribution in [3.8, 4) is 0 Å². The van der Waals surface area contributed by atoms with Gasteiger partial charge in [0.05, 0.1) is 5.54 Å². The minimum atomic E-state index is -0.431. The van der Waals surface area contributed by atoms with Crippen LogP contribution in [0.15, 0.2) is 0 Å². The lowest BCUT2D eigenvalue weighted by Gasteiger charge is -2.44. The maximum Gasteiger partial charge on any atom is 0.410 e. The first-order valence-corrected chi connectivity index (χ1v) is 7.11. The van der Waals surface area contributed by atoms with Crippen molar-refractivity contribution in [2.24, 2.45) is 5.73 Å². The highest BCUT2D eigenvalue weighted by molar-refractivity contribution is 5.70. The second kappa shape index (κ2) is 4.72. The lowest BCUT2D eigenvalue weighted by Crippen LogP contribution is -2.57. The molecule has 104 valence electrons. The van der Waals surface area contributed by atoms with Crippen LogP contribution >= 0.6 is 0 Å². The van der Waals surface area contributed by atoms with E-state index in [0.717, 1.165) is 25.8 Å². The van der Waals surface area contributed by atoms with Gasteiger partial charge in [0, 0.05) is 12.6 Å². The SMILES string of the molecule is CC(C)(C)OC(=O)N1CCC(N)C12CCCCC2. The average Bonchev–Trinajstić information content (AvgIpc) is 2.56. The fourth-order valence-electron chi connectivity index (χ4n) is 3.35. The molecule has 0 aromatic rings. The summed E-state index contributed by atoms with van der Waals surface area (Å²) in [5.41, 5.74) is 5.73. The average molecular weight is 254 g/mol. The highest BCUT2D eigenvalue weighted by Crippen LogP contribution is 2.41. The Kier molecular flexibility index (Phi) is 3.58. The lowest BCUT2D eigenvalue weighted by molar-refractivity contribution is -0.00203. The molecule has 2 aliphatic rings. The van der Waals surface area contributed by atoms with Gasteiger partial charge < -0.3 is 15.4 Å². The quantitative estimate of drug-likeness (QED) is 0.723. The summed E-state index contributed by atoms with van der Waals surface area (Å²) in [6.07, 6.45) is 6.40. The Morgan fingerprint density at radius 1 is 1.28 bits per heavy atom. The zero-order valence-electron chi connectivity index (χ0n) is 11.9. The van der Waals surface area contributed by atoms with Crippen LogP contribution in [-0.4, -0.2) is 34.7 Å². The zero-order valence-corrected chi connectivity index (χ0v) is 11.9. The molecule has 1 aliphatic heterocycles. The standard InChI is InChI=1S/C14H26N2O2/c1-13(2,3)18-12(17)16-10-7-11(15)14(16)8-5-4-6-9-14/h11H,4-10,15H2,1-3H3. The van der Waals surface area contributed by atoms with Gasteiger partial charge in [0.2, 0.25) is 0 Å². The first-order chi connectivity index (χ1) is 8.35. The molecule has 1 unspecified atom stereocenters. The Bertz CT molecular complexity index is 316. The van der Waals surface area contributed by atoms with Crippen molar-refractivity contribution in [2.45, 2.75) is 76.5 Å². The van der Waals surface area contributed by atoms with Gasteiger partial charge >= 0.3 is 6.09 Å². The minimum absolute atomic E-state index is 0.116. The number of carbonyl (C=O) groups excluding carboxylic acids is 1. The van der Waals surface area contributed by atoms with Gasteiger partial charge in [0.15, 0.2) is 0 Å². The second-order valence-corrected chi connectivity index (χ2v) is 6.69. The molecule has 1 amide bonds. The number of ether oxygens (including phenoxy) is 1.